The van der Waals surface area contributed by atoms with Crippen LogP contribution in [-0.4, -0.2) is 42.0 Å². The van der Waals surface area contributed by atoms with Crippen LogP contribution in [0.2, 0.25) is 0 Å². The van der Waals surface area contributed by atoms with Crippen molar-refractivity contribution in [3.8, 4) is 17.2 Å². The number of hydrogen-bond donors (Lipinski definition) is 1. The summed E-state index contributed by atoms with van der Waals surface area (Å²) in [6.07, 6.45) is -5.57. The Balaban J connectivity index is 2.14. The second kappa shape index (κ2) is 10.7. The molecule has 0 spiro atoms. The maximum absolute atomic E-state index is 12.9. The van der Waals surface area contributed by atoms with Gasteiger partial charge in [-0.2, -0.15) is 0 Å². The summed E-state index contributed by atoms with van der Waals surface area (Å²) in [7, 11) is 0. The van der Waals surface area contributed by atoms with E-state index in [0.717, 1.165) is 12.1 Å². The summed E-state index contributed by atoms with van der Waals surface area (Å²) in [5.41, 5.74) is 5.55. The van der Waals surface area contributed by atoms with Crippen molar-refractivity contribution < 1.29 is 37.0 Å². The number of hydrogen-bond acceptors (Lipinski definition) is 5. The predicted molar refractivity (Wildman–Crippen MR) is 110 cm³/mol. The fourth-order valence-electron chi connectivity index (χ4n) is 3.03. The summed E-state index contributed by atoms with van der Waals surface area (Å²) in [6, 6.07) is 11.5. The molecule has 174 valence electrons. The largest absolute Gasteiger partial charge is 0.573 e. The maximum atomic E-state index is 12.9. The maximum Gasteiger partial charge on any atom is 0.573 e. The van der Waals surface area contributed by atoms with Gasteiger partial charge in [0.25, 0.3) is 0 Å². The van der Waals surface area contributed by atoms with E-state index in [1.54, 1.807) is 51.1 Å². The number of rotatable bonds is 9. The minimum absolute atomic E-state index is 0.0696. The number of halogens is 3. The zero-order valence-corrected chi connectivity index (χ0v) is 17.8. The standard InChI is InChI=1S/C22H25F3N2O5/c1-14(2)19(20(26)28)27(21(29)31-17-7-5-4-6-8-17)15(3)13-30-16-9-11-18(12-10-16)32-22(23,24)25/h4-12,14-15,19H,13H2,1-3H3,(H2,26,28)/t15?,19-/m0/s1. The average Bonchev–Trinajstić information content (AvgIpc) is 2.70. The minimum Gasteiger partial charge on any atom is -0.491 e. The molecular weight excluding hydrogens is 429 g/mol. The third-order valence-corrected chi connectivity index (χ3v) is 4.41. The third-order valence-electron chi connectivity index (χ3n) is 4.41. The van der Waals surface area contributed by atoms with E-state index in [-0.39, 0.29) is 24.0 Å². The molecule has 0 saturated carbocycles. The van der Waals surface area contributed by atoms with Gasteiger partial charge >= 0.3 is 12.5 Å². The van der Waals surface area contributed by atoms with E-state index in [0.29, 0.717) is 5.75 Å². The average molecular weight is 454 g/mol. The first-order valence-electron chi connectivity index (χ1n) is 9.81. The van der Waals surface area contributed by atoms with Crippen molar-refractivity contribution in [2.75, 3.05) is 6.61 Å². The molecule has 0 saturated heterocycles. The van der Waals surface area contributed by atoms with E-state index in [4.69, 9.17) is 15.2 Å². The van der Waals surface area contributed by atoms with Crippen LogP contribution in [-0.2, 0) is 4.79 Å². The molecule has 0 aliphatic heterocycles. The molecule has 0 fully saturated rings. The Kier molecular flexibility index (Phi) is 8.34. The number of benzene rings is 2. The van der Waals surface area contributed by atoms with Crippen LogP contribution in [0.4, 0.5) is 18.0 Å². The second-order valence-corrected chi connectivity index (χ2v) is 7.36. The first-order chi connectivity index (χ1) is 15.0. The molecule has 7 nitrogen and oxygen atoms in total. The zero-order chi connectivity index (χ0) is 23.9. The lowest BCUT2D eigenvalue weighted by Crippen LogP contribution is -2.56. The first kappa shape index (κ1) is 24.8. The fourth-order valence-corrected chi connectivity index (χ4v) is 3.03. The van der Waals surface area contributed by atoms with Gasteiger partial charge < -0.3 is 19.9 Å². The Morgan fingerprint density at radius 3 is 2.00 bits per heavy atom. The lowest BCUT2D eigenvalue weighted by atomic mass is 10.0. The van der Waals surface area contributed by atoms with Gasteiger partial charge in [0, 0.05) is 0 Å². The quantitative estimate of drug-likeness (QED) is 0.608. The predicted octanol–water partition coefficient (Wildman–Crippen LogP) is 4.36. The Labute approximate surface area is 183 Å². The number of alkyl halides is 3. The lowest BCUT2D eigenvalue weighted by Gasteiger charge is -2.35. The van der Waals surface area contributed by atoms with Gasteiger partial charge in [-0.05, 0) is 49.2 Å². The number of nitrogens with zero attached hydrogens (tertiary/aromatic N) is 1. The Hall–Kier alpha value is -3.43. The molecule has 0 aliphatic carbocycles. The summed E-state index contributed by atoms with van der Waals surface area (Å²) < 4.78 is 51.7. The van der Waals surface area contributed by atoms with Crippen LogP contribution in [0.15, 0.2) is 54.6 Å². The molecule has 2 aromatic carbocycles. The van der Waals surface area contributed by atoms with Crippen LogP contribution in [0.1, 0.15) is 20.8 Å². The fraction of sp³-hybridized carbons (Fsp3) is 0.364. The van der Waals surface area contributed by atoms with Crippen LogP contribution in [0, 0.1) is 5.92 Å². The minimum atomic E-state index is -4.79. The number of para-hydroxylation sites is 1. The Morgan fingerprint density at radius 1 is 0.938 bits per heavy atom. The van der Waals surface area contributed by atoms with Crippen molar-refractivity contribution in [2.45, 2.75) is 39.2 Å². The molecule has 0 aliphatic rings. The number of ether oxygens (including phenoxy) is 3. The number of nitrogens with two attached hydrogens (primary N) is 1. The summed E-state index contributed by atoms with van der Waals surface area (Å²) >= 11 is 0. The van der Waals surface area contributed by atoms with E-state index in [2.05, 4.69) is 4.74 Å². The summed E-state index contributed by atoms with van der Waals surface area (Å²) in [4.78, 5) is 26.2. The molecule has 2 atom stereocenters. The molecule has 2 amide bonds. The molecule has 0 aromatic heterocycles. The van der Waals surface area contributed by atoms with Crippen molar-refractivity contribution in [1.82, 2.24) is 4.90 Å². The van der Waals surface area contributed by atoms with Gasteiger partial charge in [-0.25, -0.2) is 4.79 Å². The van der Waals surface area contributed by atoms with Gasteiger partial charge in [-0.3, -0.25) is 9.69 Å². The van der Waals surface area contributed by atoms with Crippen LogP contribution in [0.5, 0.6) is 17.2 Å². The molecular formula is C22H25F3N2O5. The number of amides is 2. The lowest BCUT2D eigenvalue weighted by molar-refractivity contribution is -0.274. The number of primary amides is 1. The van der Waals surface area contributed by atoms with Gasteiger partial charge in [-0.1, -0.05) is 32.0 Å². The first-order valence-corrected chi connectivity index (χ1v) is 9.81. The van der Waals surface area contributed by atoms with Crippen LogP contribution in [0.25, 0.3) is 0 Å². The molecule has 0 radical (unpaired) electrons. The molecule has 0 heterocycles. The zero-order valence-electron chi connectivity index (χ0n) is 17.8. The van der Waals surface area contributed by atoms with Gasteiger partial charge in [0.1, 0.15) is 29.9 Å². The van der Waals surface area contributed by atoms with E-state index < -0.39 is 30.4 Å². The molecule has 10 heteroatoms. The second-order valence-electron chi connectivity index (χ2n) is 7.36. The molecule has 2 aromatic rings. The molecule has 1 unspecified atom stereocenters. The molecule has 2 rings (SSSR count). The van der Waals surface area contributed by atoms with Crippen LogP contribution >= 0.6 is 0 Å². The SMILES string of the molecule is CC(C)[C@@H](C(N)=O)N(C(=O)Oc1ccccc1)C(C)COc1ccc(OC(F)(F)F)cc1. The van der Waals surface area contributed by atoms with Gasteiger partial charge in [-0.15, -0.1) is 13.2 Å². The summed E-state index contributed by atoms with van der Waals surface area (Å²) in [5, 5.41) is 0. The molecule has 32 heavy (non-hydrogen) atoms. The smallest absolute Gasteiger partial charge is 0.491 e. The monoisotopic (exact) mass is 454 g/mol. The third kappa shape index (κ3) is 7.36. The topological polar surface area (TPSA) is 91.1 Å². The van der Waals surface area contributed by atoms with Gasteiger partial charge in [0.2, 0.25) is 5.91 Å². The van der Waals surface area contributed by atoms with E-state index in [9.17, 15) is 22.8 Å². The molecule has 0 bridgehead atoms. The highest BCUT2D eigenvalue weighted by Gasteiger charge is 2.36. The van der Waals surface area contributed by atoms with Crippen molar-refractivity contribution in [3.05, 3.63) is 54.6 Å². The van der Waals surface area contributed by atoms with E-state index in [1.807, 2.05) is 0 Å². The highest BCUT2D eigenvalue weighted by atomic mass is 19.4. The van der Waals surface area contributed by atoms with Gasteiger partial charge in [0.15, 0.2) is 0 Å². The number of carbonyl (C=O) groups is 2. The normalized spacial score (nSPS) is 13.2. The van der Waals surface area contributed by atoms with Gasteiger partial charge in [0.05, 0.1) is 6.04 Å². The van der Waals surface area contributed by atoms with Crippen LogP contribution < -0.4 is 19.9 Å². The summed E-state index contributed by atoms with van der Waals surface area (Å²) in [5.74, 6) is -0.854. The van der Waals surface area contributed by atoms with E-state index >= 15 is 0 Å². The van der Waals surface area contributed by atoms with Crippen LogP contribution in [0.3, 0.4) is 0 Å². The highest BCUT2D eigenvalue weighted by molar-refractivity contribution is 5.85. The summed E-state index contributed by atoms with van der Waals surface area (Å²) in [6.45, 7) is 5.06. The van der Waals surface area contributed by atoms with Crippen molar-refractivity contribution in [1.29, 1.82) is 0 Å². The number of carbonyl (C=O) groups excluding carboxylic acids is 2. The highest BCUT2D eigenvalue weighted by Crippen LogP contribution is 2.25. The van der Waals surface area contributed by atoms with Crippen molar-refractivity contribution in [2.24, 2.45) is 11.7 Å². The van der Waals surface area contributed by atoms with Crippen molar-refractivity contribution >= 4 is 12.0 Å². The van der Waals surface area contributed by atoms with E-state index in [1.165, 1.54) is 17.0 Å². The molecule has 2 N–H and O–H groups in total. The Morgan fingerprint density at radius 2 is 1.50 bits per heavy atom. The Bertz CT molecular complexity index is 889. The van der Waals surface area contributed by atoms with Crippen molar-refractivity contribution in [3.63, 3.8) is 0 Å².